The van der Waals surface area contributed by atoms with Gasteiger partial charge in [0.15, 0.2) is 0 Å². The molecule has 0 aliphatic carbocycles. The number of sulfonamides is 1. The van der Waals surface area contributed by atoms with Crippen LogP contribution < -0.4 is 5.32 Å². The van der Waals surface area contributed by atoms with Gasteiger partial charge >= 0.3 is 0 Å². The lowest BCUT2D eigenvalue weighted by atomic mass is 10.4. The molecule has 0 aromatic rings. The molecule has 0 heterocycles. The molecule has 17 heavy (non-hydrogen) atoms. The van der Waals surface area contributed by atoms with Crippen molar-refractivity contribution in [2.24, 2.45) is 0 Å². The third-order valence-corrected chi connectivity index (χ3v) is 5.16. The third-order valence-electron chi connectivity index (χ3n) is 2.71. The number of hydrogen-bond acceptors (Lipinski definition) is 3. The molecule has 0 rings (SSSR count). The molecule has 1 unspecified atom stereocenters. The van der Waals surface area contributed by atoms with Crippen molar-refractivity contribution in [1.82, 2.24) is 9.62 Å². The van der Waals surface area contributed by atoms with Crippen LogP contribution in [0.4, 0.5) is 0 Å². The molecule has 0 amide bonds. The summed E-state index contributed by atoms with van der Waals surface area (Å²) in [5, 5.41) is 2.81. The smallest absolute Gasteiger partial charge is 0.218 e. The Morgan fingerprint density at radius 3 is 2.12 bits per heavy atom. The van der Waals surface area contributed by atoms with Gasteiger partial charge in [-0.15, -0.1) is 0 Å². The van der Waals surface area contributed by atoms with E-state index in [2.05, 4.69) is 12.2 Å². The average molecular weight is 264 g/mol. The molecule has 0 radical (unpaired) electrons. The monoisotopic (exact) mass is 264 g/mol. The van der Waals surface area contributed by atoms with Gasteiger partial charge in [0, 0.05) is 19.1 Å². The second-order valence-electron chi connectivity index (χ2n) is 4.76. The maximum Gasteiger partial charge on any atom is 0.218 e. The van der Waals surface area contributed by atoms with E-state index in [9.17, 15) is 8.42 Å². The summed E-state index contributed by atoms with van der Waals surface area (Å²) in [5.41, 5.74) is 0. The highest BCUT2D eigenvalue weighted by atomic mass is 32.2. The van der Waals surface area contributed by atoms with Gasteiger partial charge in [0.05, 0.1) is 5.25 Å². The normalized spacial score (nSPS) is 14.5. The summed E-state index contributed by atoms with van der Waals surface area (Å²) in [6.07, 6.45) is 1.88. The van der Waals surface area contributed by atoms with Gasteiger partial charge in [0.2, 0.25) is 10.0 Å². The first-order valence-electron chi connectivity index (χ1n) is 6.59. The van der Waals surface area contributed by atoms with Gasteiger partial charge in [-0.05, 0) is 40.2 Å². The lowest BCUT2D eigenvalue weighted by Gasteiger charge is -2.28. The summed E-state index contributed by atoms with van der Waals surface area (Å²) in [6.45, 7) is 11.7. The highest BCUT2D eigenvalue weighted by Crippen LogP contribution is 2.13. The molecule has 0 spiro atoms. The fourth-order valence-electron chi connectivity index (χ4n) is 1.72. The average Bonchev–Trinajstić information content (AvgIpc) is 2.25. The highest BCUT2D eigenvalue weighted by Gasteiger charge is 2.29. The molecular weight excluding hydrogens is 236 g/mol. The van der Waals surface area contributed by atoms with E-state index in [4.69, 9.17) is 0 Å². The predicted octanol–water partition coefficient (Wildman–Crippen LogP) is 1.82. The maximum absolute atomic E-state index is 12.3. The molecule has 5 heteroatoms. The van der Waals surface area contributed by atoms with Crippen molar-refractivity contribution in [3.05, 3.63) is 0 Å². The highest BCUT2D eigenvalue weighted by molar-refractivity contribution is 7.89. The standard InChI is InChI=1S/C12H28N2O2S/c1-6-8-13-10-12(5)17(15,16)14(9-7-2)11(3)4/h11-13H,6-10H2,1-5H3. The number of nitrogens with one attached hydrogen (secondary N) is 1. The fraction of sp³-hybridized carbons (Fsp3) is 1.00. The van der Waals surface area contributed by atoms with E-state index in [-0.39, 0.29) is 11.3 Å². The quantitative estimate of drug-likeness (QED) is 0.646. The summed E-state index contributed by atoms with van der Waals surface area (Å²) in [6, 6.07) is 0.0357. The van der Waals surface area contributed by atoms with Crippen molar-refractivity contribution < 1.29 is 8.42 Å². The second-order valence-corrected chi connectivity index (χ2v) is 7.07. The first kappa shape index (κ1) is 16.9. The van der Waals surface area contributed by atoms with E-state index in [1.807, 2.05) is 20.8 Å². The summed E-state index contributed by atoms with van der Waals surface area (Å²) in [4.78, 5) is 0. The molecule has 0 bridgehead atoms. The lowest BCUT2D eigenvalue weighted by Crippen LogP contribution is -2.45. The molecular formula is C12H28N2O2S. The summed E-state index contributed by atoms with van der Waals surface area (Å²) < 4.78 is 26.3. The van der Waals surface area contributed by atoms with Crippen LogP contribution in [0.15, 0.2) is 0 Å². The van der Waals surface area contributed by atoms with Gasteiger partial charge in [-0.3, -0.25) is 0 Å². The zero-order valence-corrected chi connectivity index (χ0v) is 12.7. The van der Waals surface area contributed by atoms with Crippen LogP contribution in [0.2, 0.25) is 0 Å². The molecule has 4 nitrogen and oxygen atoms in total. The molecule has 1 atom stereocenters. The number of nitrogens with zero attached hydrogens (tertiary/aromatic N) is 1. The van der Waals surface area contributed by atoms with Crippen LogP contribution in [0.25, 0.3) is 0 Å². The number of hydrogen-bond donors (Lipinski definition) is 1. The van der Waals surface area contributed by atoms with Gasteiger partial charge in [0.25, 0.3) is 0 Å². The van der Waals surface area contributed by atoms with Crippen molar-refractivity contribution in [3.63, 3.8) is 0 Å². The van der Waals surface area contributed by atoms with E-state index in [1.165, 1.54) is 0 Å². The minimum absolute atomic E-state index is 0.0357. The van der Waals surface area contributed by atoms with Crippen LogP contribution in [0.5, 0.6) is 0 Å². The predicted molar refractivity (Wildman–Crippen MR) is 73.7 cm³/mol. The Hall–Kier alpha value is -0.130. The SMILES string of the molecule is CCCNCC(C)S(=O)(=O)N(CCC)C(C)C. The summed E-state index contributed by atoms with van der Waals surface area (Å²) in [7, 11) is -3.17. The Balaban J connectivity index is 4.59. The molecule has 104 valence electrons. The Morgan fingerprint density at radius 1 is 1.12 bits per heavy atom. The van der Waals surface area contributed by atoms with E-state index >= 15 is 0 Å². The van der Waals surface area contributed by atoms with E-state index in [0.717, 1.165) is 19.4 Å². The Morgan fingerprint density at radius 2 is 1.71 bits per heavy atom. The summed E-state index contributed by atoms with van der Waals surface area (Å²) in [5.74, 6) is 0. The van der Waals surface area contributed by atoms with Crippen molar-refractivity contribution in [2.45, 2.75) is 58.8 Å². The molecule has 1 N–H and O–H groups in total. The first-order valence-corrected chi connectivity index (χ1v) is 8.09. The fourth-order valence-corrected chi connectivity index (χ4v) is 3.53. The van der Waals surface area contributed by atoms with E-state index < -0.39 is 10.0 Å². The van der Waals surface area contributed by atoms with Crippen molar-refractivity contribution in [3.8, 4) is 0 Å². The lowest BCUT2D eigenvalue weighted by molar-refractivity contribution is 0.348. The molecule has 0 aliphatic rings. The van der Waals surface area contributed by atoms with Crippen LogP contribution in [0.3, 0.4) is 0 Å². The molecule has 0 fully saturated rings. The van der Waals surface area contributed by atoms with Crippen LogP contribution in [-0.2, 0) is 10.0 Å². The largest absolute Gasteiger partial charge is 0.315 e. The van der Waals surface area contributed by atoms with Crippen LogP contribution >= 0.6 is 0 Å². The second kappa shape index (κ2) is 8.06. The van der Waals surface area contributed by atoms with E-state index in [0.29, 0.717) is 13.1 Å². The van der Waals surface area contributed by atoms with Gasteiger partial charge < -0.3 is 5.32 Å². The maximum atomic E-state index is 12.3. The third kappa shape index (κ3) is 5.36. The van der Waals surface area contributed by atoms with Gasteiger partial charge in [0.1, 0.15) is 0 Å². The molecule has 0 saturated heterocycles. The van der Waals surface area contributed by atoms with Crippen LogP contribution in [0.1, 0.15) is 47.5 Å². The molecule has 0 aromatic heterocycles. The van der Waals surface area contributed by atoms with Crippen molar-refractivity contribution in [2.75, 3.05) is 19.6 Å². The minimum Gasteiger partial charge on any atom is -0.315 e. The molecule has 0 saturated carbocycles. The first-order chi connectivity index (χ1) is 7.87. The Kier molecular flexibility index (Phi) is 8.00. The zero-order chi connectivity index (χ0) is 13.5. The minimum atomic E-state index is -3.17. The van der Waals surface area contributed by atoms with E-state index in [1.54, 1.807) is 11.2 Å². The van der Waals surface area contributed by atoms with Crippen molar-refractivity contribution >= 4 is 10.0 Å². The summed E-state index contributed by atoms with van der Waals surface area (Å²) >= 11 is 0. The van der Waals surface area contributed by atoms with Crippen LogP contribution in [-0.4, -0.2) is 43.6 Å². The number of rotatable bonds is 9. The molecule has 0 aliphatic heterocycles. The van der Waals surface area contributed by atoms with Crippen LogP contribution in [0, 0.1) is 0 Å². The Labute approximate surface area is 107 Å². The van der Waals surface area contributed by atoms with Crippen molar-refractivity contribution in [1.29, 1.82) is 0 Å². The zero-order valence-electron chi connectivity index (χ0n) is 11.9. The van der Waals surface area contributed by atoms with Gasteiger partial charge in [-0.1, -0.05) is 13.8 Å². The topological polar surface area (TPSA) is 49.4 Å². The molecule has 0 aromatic carbocycles. The van der Waals surface area contributed by atoms with Gasteiger partial charge in [-0.2, -0.15) is 4.31 Å². The van der Waals surface area contributed by atoms with Gasteiger partial charge in [-0.25, -0.2) is 8.42 Å². The Bertz CT molecular complexity index is 289.